The Morgan fingerprint density at radius 3 is 2.75 bits per heavy atom. The normalized spacial score (nSPS) is 17.9. The third-order valence-corrected chi connectivity index (χ3v) is 3.98. The van der Waals surface area contributed by atoms with Crippen LogP contribution in [-0.2, 0) is 0 Å². The molecule has 2 rings (SSSR count). The van der Waals surface area contributed by atoms with Gasteiger partial charge in [0.15, 0.2) is 11.6 Å². The van der Waals surface area contributed by atoms with Gasteiger partial charge >= 0.3 is 0 Å². The average molecular weight is 281 g/mol. The number of rotatable bonds is 6. The lowest BCUT2D eigenvalue weighted by Crippen LogP contribution is -2.16. The molecule has 1 aromatic rings. The molecule has 1 saturated carbocycles. The maximum absolute atomic E-state index is 13.7. The summed E-state index contributed by atoms with van der Waals surface area (Å²) >= 11 is 0. The first-order valence-electron chi connectivity index (χ1n) is 7.51. The van der Waals surface area contributed by atoms with Crippen molar-refractivity contribution in [3.8, 4) is 5.75 Å². The molecule has 1 aromatic carbocycles. The quantitative estimate of drug-likeness (QED) is 0.842. The van der Waals surface area contributed by atoms with E-state index in [2.05, 4.69) is 0 Å². The van der Waals surface area contributed by atoms with Gasteiger partial charge in [0.1, 0.15) is 0 Å². The topological polar surface area (TPSA) is 55.5 Å². The molecule has 20 heavy (non-hydrogen) atoms. The van der Waals surface area contributed by atoms with Crippen molar-refractivity contribution in [2.45, 2.75) is 44.6 Å². The Bertz CT molecular complexity index is 419. The third-order valence-electron chi connectivity index (χ3n) is 3.98. The molecular weight excluding hydrogens is 257 g/mol. The van der Waals surface area contributed by atoms with E-state index < -0.39 is 6.10 Å². The Morgan fingerprint density at radius 2 is 2.05 bits per heavy atom. The highest BCUT2D eigenvalue weighted by Crippen LogP contribution is 2.27. The van der Waals surface area contributed by atoms with Gasteiger partial charge in [0, 0.05) is 0 Å². The molecule has 1 aliphatic carbocycles. The Hall–Kier alpha value is -1.13. The molecule has 1 aliphatic rings. The summed E-state index contributed by atoms with van der Waals surface area (Å²) in [6.45, 7) is 0.962. The van der Waals surface area contributed by atoms with Crippen molar-refractivity contribution >= 4 is 0 Å². The summed E-state index contributed by atoms with van der Waals surface area (Å²) in [5.41, 5.74) is 6.09. The minimum atomic E-state index is -0.655. The molecule has 3 nitrogen and oxygen atoms in total. The number of nitrogens with two attached hydrogens (primary N) is 1. The summed E-state index contributed by atoms with van der Waals surface area (Å²) in [6, 6.07) is 4.53. The predicted molar refractivity (Wildman–Crippen MR) is 77.1 cm³/mol. The van der Waals surface area contributed by atoms with Crippen molar-refractivity contribution in [3.05, 3.63) is 29.6 Å². The van der Waals surface area contributed by atoms with E-state index in [0.717, 1.165) is 12.8 Å². The van der Waals surface area contributed by atoms with Gasteiger partial charge in [0.05, 0.1) is 12.7 Å². The summed E-state index contributed by atoms with van der Waals surface area (Å²) < 4.78 is 19.4. The third kappa shape index (κ3) is 4.18. The highest BCUT2D eigenvalue weighted by atomic mass is 19.1. The number of ether oxygens (including phenoxy) is 1. The standard InChI is InChI=1S/C16H24FNO2/c17-14-7-6-13(15(19)8-9-18)10-16(14)20-11-12-4-2-1-3-5-12/h6-7,10,12,15,19H,1-5,8-9,11,18H2/t15-/m1/s1. The fraction of sp³-hybridized carbons (Fsp3) is 0.625. The number of hydrogen-bond donors (Lipinski definition) is 2. The van der Waals surface area contributed by atoms with Crippen LogP contribution < -0.4 is 10.5 Å². The molecule has 3 N–H and O–H groups in total. The molecule has 1 atom stereocenters. The molecule has 0 aromatic heterocycles. The Balaban J connectivity index is 1.96. The number of aliphatic hydroxyl groups excluding tert-OH is 1. The van der Waals surface area contributed by atoms with Crippen LogP contribution in [-0.4, -0.2) is 18.3 Å². The summed E-state index contributed by atoms with van der Waals surface area (Å²) in [5.74, 6) is 0.398. The molecule has 0 aliphatic heterocycles. The van der Waals surface area contributed by atoms with E-state index in [1.807, 2.05) is 0 Å². The van der Waals surface area contributed by atoms with Gasteiger partial charge in [-0.05, 0) is 49.4 Å². The second-order valence-corrected chi connectivity index (χ2v) is 5.60. The monoisotopic (exact) mass is 281 g/mol. The summed E-state index contributed by atoms with van der Waals surface area (Å²) in [5, 5.41) is 9.89. The molecule has 0 heterocycles. The molecule has 0 bridgehead atoms. The number of benzene rings is 1. The van der Waals surface area contributed by atoms with Crippen LogP contribution in [0.4, 0.5) is 4.39 Å². The molecule has 0 unspecified atom stereocenters. The molecule has 0 amide bonds. The number of hydrogen-bond acceptors (Lipinski definition) is 3. The fourth-order valence-corrected chi connectivity index (χ4v) is 2.72. The van der Waals surface area contributed by atoms with Gasteiger partial charge in [0.2, 0.25) is 0 Å². The highest BCUT2D eigenvalue weighted by molar-refractivity contribution is 5.31. The largest absolute Gasteiger partial charge is 0.490 e. The summed E-state index contributed by atoms with van der Waals surface area (Å²) in [6.07, 6.45) is 5.92. The van der Waals surface area contributed by atoms with Crippen molar-refractivity contribution in [1.82, 2.24) is 0 Å². The molecule has 0 radical (unpaired) electrons. The van der Waals surface area contributed by atoms with Crippen LogP contribution in [0.2, 0.25) is 0 Å². The highest BCUT2D eigenvalue weighted by Gasteiger charge is 2.16. The lowest BCUT2D eigenvalue weighted by Gasteiger charge is -2.22. The molecule has 1 fully saturated rings. The van der Waals surface area contributed by atoms with E-state index in [-0.39, 0.29) is 11.6 Å². The lowest BCUT2D eigenvalue weighted by atomic mass is 9.90. The summed E-state index contributed by atoms with van der Waals surface area (Å²) in [4.78, 5) is 0. The first kappa shape index (κ1) is 15.3. The van der Waals surface area contributed by atoms with Gasteiger partial charge in [-0.25, -0.2) is 4.39 Å². The zero-order valence-electron chi connectivity index (χ0n) is 11.9. The maximum Gasteiger partial charge on any atom is 0.165 e. The first-order valence-corrected chi connectivity index (χ1v) is 7.51. The van der Waals surface area contributed by atoms with Gasteiger partial charge in [-0.2, -0.15) is 0 Å². The predicted octanol–water partition coefficient (Wildman–Crippen LogP) is 3.17. The van der Waals surface area contributed by atoms with E-state index >= 15 is 0 Å². The number of aliphatic hydroxyl groups is 1. The van der Waals surface area contributed by atoms with E-state index in [0.29, 0.717) is 31.1 Å². The molecule has 0 spiro atoms. The Labute approximate surface area is 119 Å². The second kappa shape index (κ2) is 7.60. The van der Waals surface area contributed by atoms with Crippen LogP contribution in [0.3, 0.4) is 0 Å². The average Bonchev–Trinajstić information content (AvgIpc) is 2.47. The second-order valence-electron chi connectivity index (χ2n) is 5.60. The van der Waals surface area contributed by atoms with Gasteiger partial charge in [0.25, 0.3) is 0 Å². The van der Waals surface area contributed by atoms with Crippen molar-refractivity contribution < 1.29 is 14.2 Å². The zero-order chi connectivity index (χ0) is 14.4. The minimum absolute atomic E-state index is 0.240. The Kier molecular flexibility index (Phi) is 5.80. The maximum atomic E-state index is 13.7. The van der Waals surface area contributed by atoms with Crippen molar-refractivity contribution in [1.29, 1.82) is 0 Å². The van der Waals surface area contributed by atoms with Crippen molar-refractivity contribution in [3.63, 3.8) is 0 Å². The van der Waals surface area contributed by atoms with Crippen LogP contribution in [0.15, 0.2) is 18.2 Å². The lowest BCUT2D eigenvalue weighted by molar-refractivity contribution is 0.168. The van der Waals surface area contributed by atoms with Gasteiger partial charge in [-0.3, -0.25) is 0 Å². The van der Waals surface area contributed by atoms with E-state index in [1.54, 1.807) is 12.1 Å². The smallest absolute Gasteiger partial charge is 0.165 e. The van der Waals surface area contributed by atoms with Crippen LogP contribution >= 0.6 is 0 Å². The zero-order valence-corrected chi connectivity index (χ0v) is 11.9. The molecular formula is C16H24FNO2. The van der Waals surface area contributed by atoms with E-state index in [9.17, 15) is 9.50 Å². The SMILES string of the molecule is NCC[C@@H](O)c1ccc(F)c(OCC2CCCCC2)c1. The van der Waals surface area contributed by atoms with E-state index in [1.165, 1.54) is 25.3 Å². The Morgan fingerprint density at radius 1 is 1.30 bits per heavy atom. The van der Waals surface area contributed by atoms with Crippen LogP contribution in [0.25, 0.3) is 0 Å². The van der Waals surface area contributed by atoms with Crippen LogP contribution in [0.5, 0.6) is 5.75 Å². The van der Waals surface area contributed by atoms with E-state index in [4.69, 9.17) is 10.5 Å². The van der Waals surface area contributed by atoms with Gasteiger partial charge in [-0.1, -0.05) is 25.3 Å². The van der Waals surface area contributed by atoms with Crippen molar-refractivity contribution in [2.24, 2.45) is 11.7 Å². The van der Waals surface area contributed by atoms with Crippen molar-refractivity contribution in [2.75, 3.05) is 13.2 Å². The molecule has 112 valence electrons. The van der Waals surface area contributed by atoms with Gasteiger partial charge < -0.3 is 15.6 Å². The first-order chi connectivity index (χ1) is 9.70. The fourth-order valence-electron chi connectivity index (χ4n) is 2.72. The number of halogens is 1. The van der Waals surface area contributed by atoms with Crippen LogP contribution in [0, 0.1) is 11.7 Å². The molecule has 4 heteroatoms. The minimum Gasteiger partial charge on any atom is -0.490 e. The van der Waals surface area contributed by atoms with Crippen LogP contribution in [0.1, 0.15) is 50.2 Å². The van der Waals surface area contributed by atoms with Gasteiger partial charge in [-0.15, -0.1) is 0 Å². The summed E-state index contributed by atoms with van der Waals surface area (Å²) in [7, 11) is 0. The molecule has 0 saturated heterocycles.